The highest BCUT2D eigenvalue weighted by Crippen LogP contribution is 2.37. The number of nitrogens with zero attached hydrogens (tertiary/aromatic N) is 2. The van der Waals surface area contributed by atoms with Crippen molar-refractivity contribution in [3.05, 3.63) is 75.1 Å². The van der Waals surface area contributed by atoms with E-state index in [1.54, 1.807) is 54.3 Å². The van der Waals surface area contributed by atoms with Gasteiger partial charge in [0.2, 0.25) is 5.91 Å². The molecule has 1 aromatic heterocycles. The summed E-state index contributed by atoms with van der Waals surface area (Å²) < 4.78 is 5.49. The Morgan fingerprint density at radius 2 is 1.90 bits per heavy atom. The van der Waals surface area contributed by atoms with Crippen molar-refractivity contribution in [3.63, 3.8) is 0 Å². The zero-order valence-corrected chi connectivity index (χ0v) is 24.9. The number of nitrogens with one attached hydrogen (secondary N) is 2. The molecule has 0 radical (unpaired) electrons. The summed E-state index contributed by atoms with van der Waals surface area (Å²) in [6, 6.07) is 16.1. The quantitative estimate of drug-likeness (QED) is 0.298. The molecule has 0 spiro atoms. The number of amides is 3. The van der Waals surface area contributed by atoms with Crippen molar-refractivity contribution in [1.29, 1.82) is 5.26 Å². The Morgan fingerprint density at radius 1 is 1.15 bits per heavy atom. The van der Waals surface area contributed by atoms with E-state index in [1.807, 2.05) is 26.8 Å². The Kier molecular flexibility index (Phi) is 9.08. The van der Waals surface area contributed by atoms with Gasteiger partial charge in [-0.05, 0) is 76.1 Å². The maximum absolute atomic E-state index is 13.1. The molecular weight excluding hydrogens is 568 g/mol. The molecule has 208 valence electrons. The first-order valence-corrected chi connectivity index (χ1v) is 14.7. The molecule has 8 nitrogen and oxygen atoms in total. The molecule has 1 unspecified atom stereocenters. The maximum Gasteiger partial charge on any atom is 0.410 e. The normalized spacial score (nSPS) is 13.6. The molecule has 2 heterocycles. The molecule has 1 aliphatic heterocycles. The van der Waals surface area contributed by atoms with Gasteiger partial charge in [0.15, 0.2) is 0 Å². The molecule has 0 saturated heterocycles. The van der Waals surface area contributed by atoms with Crippen LogP contribution in [-0.4, -0.2) is 40.2 Å². The molecular formula is C29H29ClN4O4S2. The number of carbonyl (C=O) groups excluding carboxylic acids is 3. The monoisotopic (exact) mass is 596 g/mol. The molecule has 0 bridgehead atoms. The van der Waals surface area contributed by atoms with Gasteiger partial charge in [0.1, 0.15) is 16.7 Å². The first-order chi connectivity index (χ1) is 18.9. The van der Waals surface area contributed by atoms with Crippen molar-refractivity contribution in [1.82, 2.24) is 4.90 Å². The summed E-state index contributed by atoms with van der Waals surface area (Å²) in [5.41, 5.74) is 1.75. The van der Waals surface area contributed by atoms with Crippen LogP contribution < -0.4 is 10.6 Å². The molecule has 2 N–H and O–H groups in total. The Morgan fingerprint density at radius 3 is 2.60 bits per heavy atom. The van der Waals surface area contributed by atoms with Crippen molar-refractivity contribution in [2.45, 2.75) is 56.4 Å². The SMILES string of the molecule is CC(Sc1cccc(NC(=O)c2cccc(Cl)c2)c1)C(=O)Nc1sc2c(c1C#N)CCN(C(=O)OC(C)(C)C)C2. The number of rotatable bonds is 6. The topological polar surface area (TPSA) is 112 Å². The zero-order chi connectivity index (χ0) is 29.0. The summed E-state index contributed by atoms with van der Waals surface area (Å²) in [6.07, 6.45) is 0.119. The lowest BCUT2D eigenvalue weighted by Crippen LogP contribution is -2.39. The second-order valence-electron chi connectivity index (χ2n) is 10.2. The minimum Gasteiger partial charge on any atom is -0.444 e. The summed E-state index contributed by atoms with van der Waals surface area (Å²) in [5, 5.41) is 16.1. The number of ether oxygens (including phenoxy) is 1. The molecule has 11 heteroatoms. The first kappa shape index (κ1) is 29.5. The predicted molar refractivity (Wildman–Crippen MR) is 159 cm³/mol. The van der Waals surface area contributed by atoms with Gasteiger partial charge in [-0.1, -0.05) is 23.7 Å². The molecule has 0 aliphatic carbocycles. The lowest BCUT2D eigenvalue weighted by Gasteiger charge is -2.29. The van der Waals surface area contributed by atoms with Crippen LogP contribution in [0, 0.1) is 11.3 Å². The van der Waals surface area contributed by atoms with Gasteiger partial charge in [-0.15, -0.1) is 23.1 Å². The highest BCUT2D eigenvalue weighted by Gasteiger charge is 2.30. The first-order valence-electron chi connectivity index (χ1n) is 12.6. The van der Waals surface area contributed by atoms with Gasteiger partial charge < -0.3 is 20.3 Å². The summed E-state index contributed by atoms with van der Waals surface area (Å²) in [6.45, 7) is 8.01. The van der Waals surface area contributed by atoms with E-state index >= 15 is 0 Å². The summed E-state index contributed by atoms with van der Waals surface area (Å²) in [5.74, 6) is -0.538. The third-order valence-electron chi connectivity index (χ3n) is 5.92. The largest absolute Gasteiger partial charge is 0.444 e. The smallest absolute Gasteiger partial charge is 0.410 e. The number of halogens is 1. The molecule has 1 aliphatic rings. The van der Waals surface area contributed by atoms with Crippen LogP contribution in [-0.2, 0) is 22.5 Å². The van der Waals surface area contributed by atoms with E-state index < -0.39 is 16.9 Å². The molecule has 4 rings (SSSR count). The fraction of sp³-hybridized carbons (Fsp3) is 0.310. The third kappa shape index (κ3) is 7.36. The lowest BCUT2D eigenvalue weighted by molar-refractivity contribution is -0.115. The fourth-order valence-electron chi connectivity index (χ4n) is 4.04. The van der Waals surface area contributed by atoms with E-state index in [2.05, 4.69) is 16.7 Å². The Balaban J connectivity index is 1.40. The lowest BCUT2D eigenvalue weighted by atomic mass is 10.0. The van der Waals surface area contributed by atoms with Crippen LogP contribution in [0.1, 0.15) is 54.1 Å². The van der Waals surface area contributed by atoms with Crippen LogP contribution in [0.2, 0.25) is 5.02 Å². The van der Waals surface area contributed by atoms with E-state index in [1.165, 1.54) is 23.1 Å². The summed E-state index contributed by atoms with van der Waals surface area (Å²) in [4.78, 5) is 41.5. The number of nitriles is 1. The van der Waals surface area contributed by atoms with Crippen LogP contribution >= 0.6 is 34.7 Å². The van der Waals surface area contributed by atoms with Crippen LogP contribution in [0.3, 0.4) is 0 Å². The molecule has 0 saturated carbocycles. The highest BCUT2D eigenvalue weighted by molar-refractivity contribution is 8.00. The van der Waals surface area contributed by atoms with Gasteiger partial charge in [-0.2, -0.15) is 5.26 Å². The van der Waals surface area contributed by atoms with Gasteiger partial charge in [0.25, 0.3) is 5.91 Å². The standard InChI is InChI=1S/C29H29ClN4O4S2/c1-17(39-21-10-6-9-20(14-21)32-26(36)18-7-5-8-19(30)13-18)25(35)33-27-23(15-31)22-11-12-34(16-24(22)40-27)28(37)38-29(2,3)4/h5-10,13-14,17H,11-12,16H2,1-4H3,(H,32,36)(H,33,35). The van der Waals surface area contributed by atoms with Crippen LogP contribution in [0.4, 0.5) is 15.5 Å². The number of thiophene rings is 1. The van der Waals surface area contributed by atoms with Crippen LogP contribution in [0.5, 0.6) is 0 Å². The highest BCUT2D eigenvalue weighted by atomic mass is 35.5. The minimum absolute atomic E-state index is 0.252. The van der Waals surface area contributed by atoms with Crippen LogP contribution in [0.25, 0.3) is 0 Å². The number of hydrogen-bond donors (Lipinski definition) is 2. The van der Waals surface area contributed by atoms with Crippen molar-refractivity contribution < 1.29 is 19.1 Å². The molecule has 3 amide bonds. The predicted octanol–water partition coefficient (Wildman–Crippen LogP) is 6.94. The molecule has 2 aromatic carbocycles. The third-order valence-corrected chi connectivity index (χ3v) is 8.38. The van der Waals surface area contributed by atoms with E-state index in [4.69, 9.17) is 16.3 Å². The minimum atomic E-state index is -0.598. The van der Waals surface area contributed by atoms with Gasteiger partial charge in [-0.3, -0.25) is 9.59 Å². The molecule has 3 aromatic rings. The second kappa shape index (κ2) is 12.3. The van der Waals surface area contributed by atoms with Crippen molar-refractivity contribution in [3.8, 4) is 6.07 Å². The maximum atomic E-state index is 13.1. The van der Waals surface area contributed by atoms with Crippen molar-refractivity contribution in [2.24, 2.45) is 0 Å². The van der Waals surface area contributed by atoms with E-state index in [0.29, 0.717) is 46.3 Å². The van der Waals surface area contributed by atoms with Crippen molar-refractivity contribution in [2.75, 3.05) is 17.2 Å². The Labute approximate surface area is 246 Å². The van der Waals surface area contributed by atoms with Crippen molar-refractivity contribution >= 4 is 63.3 Å². The number of carbonyl (C=O) groups is 3. The summed E-state index contributed by atoms with van der Waals surface area (Å²) in [7, 11) is 0. The van der Waals surface area contributed by atoms with Gasteiger partial charge in [0.05, 0.1) is 17.4 Å². The number of anilines is 2. The van der Waals surface area contributed by atoms with Gasteiger partial charge >= 0.3 is 6.09 Å². The average molecular weight is 597 g/mol. The number of fused-ring (bicyclic) bond motifs is 1. The molecule has 0 fully saturated rings. The molecule has 1 atom stereocenters. The van der Waals surface area contributed by atoms with E-state index in [0.717, 1.165) is 15.3 Å². The van der Waals surface area contributed by atoms with Gasteiger partial charge in [0, 0.05) is 32.6 Å². The second-order valence-corrected chi connectivity index (χ2v) is 13.2. The fourth-order valence-corrected chi connectivity index (χ4v) is 6.38. The summed E-state index contributed by atoms with van der Waals surface area (Å²) >= 11 is 8.64. The molecule has 40 heavy (non-hydrogen) atoms. The zero-order valence-electron chi connectivity index (χ0n) is 22.5. The number of hydrogen-bond acceptors (Lipinski definition) is 7. The van der Waals surface area contributed by atoms with Gasteiger partial charge in [-0.25, -0.2) is 4.79 Å². The Bertz CT molecular complexity index is 1490. The Hall–Kier alpha value is -3.52. The number of benzene rings is 2. The average Bonchev–Trinajstić information content (AvgIpc) is 3.23. The van der Waals surface area contributed by atoms with Crippen LogP contribution in [0.15, 0.2) is 53.4 Å². The van der Waals surface area contributed by atoms with E-state index in [9.17, 15) is 19.6 Å². The van der Waals surface area contributed by atoms with E-state index in [-0.39, 0.29) is 11.8 Å². The number of thioether (sulfide) groups is 1.